The molecule has 0 radical (unpaired) electrons. The highest BCUT2D eigenvalue weighted by molar-refractivity contribution is 4.35. The first-order valence-corrected chi connectivity index (χ1v) is 9.62. The summed E-state index contributed by atoms with van der Waals surface area (Å²) in [5.41, 5.74) is 0. The quantitative estimate of drug-likeness (QED) is 0.154. The fourth-order valence-electron chi connectivity index (χ4n) is 2.02. The van der Waals surface area contributed by atoms with Crippen LogP contribution in [-0.2, 0) is 42.6 Å². The van der Waals surface area contributed by atoms with E-state index in [1.54, 1.807) is 21.3 Å². The van der Waals surface area contributed by atoms with Crippen LogP contribution >= 0.6 is 0 Å². The number of hydrogen-bond acceptors (Lipinski definition) is 9. The Bertz CT molecular complexity index is 245. The Hall–Kier alpha value is -0.400. The van der Waals surface area contributed by atoms with Crippen molar-refractivity contribution in [2.75, 3.05) is 121 Å². The van der Waals surface area contributed by atoms with Crippen LogP contribution in [0, 0.1) is 0 Å². The molecule has 0 unspecified atom stereocenters. The normalized spacial score (nSPS) is 11.6. The van der Waals surface area contributed by atoms with Gasteiger partial charge in [0.05, 0.1) is 59.5 Å². The average Bonchev–Trinajstić information content (AvgIpc) is 2.71. The van der Waals surface area contributed by atoms with Crippen LogP contribution in [0.1, 0.15) is 0 Å². The van der Waals surface area contributed by atoms with Gasteiger partial charge in [-0.15, -0.1) is 0 Å². The maximum Gasteiger partial charge on any atom is 0.147 e. The van der Waals surface area contributed by atoms with Gasteiger partial charge in [0.15, 0.2) is 0 Å². The topological polar surface area (TPSA) is 87.5 Å². The minimum absolute atomic E-state index is 0.272. The van der Waals surface area contributed by atoms with Crippen LogP contribution in [0.2, 0.25) is 0 Å². The van der Waals surface area contributed by atoms with Crippen molar-refractivity contribution in [3.8, 4) is 0 Å². The molecule has 0 spiro atoms. The van der Waals surface area contributed by atoms with E-state index in [2.05, 4.69) is 0 Å². The number of quaternary nitrogens is 1. The summed E-state index contributed by atoms with van der Waals surface area (Å²) in [4.78, 5) is 1.33. The van der Waals surface area contributed by atoms with Gasteiger partial charge in [-0.3, -0.25) is 0 Å². The van der Waals surface area contributed by atoms with Crippen LogP contribution in [0.5, 0.6) is 0 Å². The summed E-state index contributed by atoms with van der Waals surface area (Å²) < 4.78 is 47.0. The maximum atomic E-state index is 5.59. The molecule has 1 N–H and O–H groups in total. The number of rotatable bonds is 24. The first kappa shape index (κ1) is 27.6. The monoisotopic (exact) mass is 414 g/mol. The van der Waals surface area contributed by atoms with E-state index < -0.39 is 0 Å². The van der Waals surface area contributed by atoms with Gasteiger partial charge < -0.3 is 47.5 Å². The van der Waals surface area contributed by atoms with Crippen molar-refractivity contribution in [2.24, 2.45) is 0 Å². The Morgan fingerprint density at radius 2 is 0.786 bits per heavy atom. The van der Waals surface area contributed by atoms with Gasteiger partial charge in [0, 0.05) is 21.3 Å². The lowest BCUT2D eigenvalue weighted by atomic mass is 10.4. The molecule has 10 heteroatoms. The van der Waals surface area contributed by atoms with Gasteiger partial charge in [-0.2, -0.15) is 0 Å². The smallest absolute Gasteiger partial charge is 0.147 e. The van der Waals surface area contributed by atoms with Crippen molar-refractivity contribution < 1.29 is 47.5 Å². The minimum Gasteiger partial charge on any atom is -0.382 e. The Morgan fingerprint density at radius 1 is 0.393 bits per heavy atom. The molecule has 0 amide bonds. The van der Waals surface area contributed by atoms with Crippen molar-refractivity contribution in [1.29, 1.82) is 0 Å². The summed E-state index contributed by atoms with van der Waals surface area (Å²) in [5, 5.41) is 0. The Kier molecular flexibility index (Phi) is 24.3. The second-order valence-electron chi connectivity index (χ2n) is 5.78. The molecule has 0 saturated carbocycles. The van der Waals surface area contributed by atoms with Gasteiger partial charge in [0.2, 0.25) is 0 Å². The van der Waals surface area contributed by atoms with Gasteiger partial charge in [0.1, 0.15) is 40.0 Å². The molecule has 10 nitrogen and oxygen atoms in total. The SMILES string of the molecule is COCCOCOCC[NH+](CCOCCOCOC)CCOCOCCOC. The van der Waals surface area contributed by atoms with Gasteiger partial charge in [0.25, 0.3) is 0 Å². The summed E-state index contributed by atoms with van der Waals surface area (Å²) in [5.74, 6) is 0. The second-order valence-corrected chi connectivity index (χ2v) is 5.78. The van der Waals surface area contributed by atoms with E-state index >= 15 is 0 Å². The van der Waals surface area contributed by atoms with E-state index in [4.69, 9.17) is 42.6 Å². The highest BCUT2D eigenvalue weighted by Gasteiger charge is 2.09. The summed E-state index contributed by atoms with van der Waals surface area (Å²) in [7, 11) is 4.88. The molecule has 0 aliphatic carbocycles. The molecule has 0 heterocycles. The third-order valence-corrected chi connectivity index (χ3v) is 3.57. The number of hydrogen-bond donors (Lipinski definition) is 1. The molecule has 0 atom stereocenters. The highest BCUT2D eigenvalue weighted by Crippen LogP contribution is 1.81. The zero-order valence-corrected chi connectivity index (χ0v) is 17.8. The van der Waals surface area contributed by atoms with E-state index in [0.717, 1.165) is 19.6 Å². The molecule has 170 valence electrons. The van der Waals surface area contributed by atoms with Crippen molar-refractivity contribution in [3.63, 3.8) is 0 Å². The van der Waals surface area contributed by atoms with Crippen LogP contribution in [0.25, 0.3) is 0 Å². The molecule has 0 aliphatic heterocycles. The molecular weight excluding hydrogens is 374 g/mol. The van der Waals surface area contributed by atoms with Crippen molar-refractivity contribution in [3.05, 3.63) is 0 Å². The van der Waals surface area contributed by atoms with Gasteiger partial charge in [-0.05, 0) is 0 Å². The molecule has 0 aromatic heterocycles. The first-order chi connectivity index (χ1) is 13.8. The molecule has 0 aromatic rings. The fraction of sp³-hybridized carbons (Fsp3) is 1.00. The van der Waals surface area contributed by atoms with E-state index in [-0.39, 0.29) is 20.4 Å². The van der Waals surface area contributed by atoms with E-state index in [1.807, 2.05) is 0 Å². The van der Waals surface area contributed by atoms with Crippen LogP contribution < -0.4 is 4.90 Å². The molecular formula is C18H40NO9+. The number of methoxy groups -OCH3 is 3. The molecule has 0 fully saturated rings. The second kappa shape index (κ2) is 24.6. The maximum absolute atomic E-state index is 5.59. The molecule has 0 saturated heterocycles. The summed E-state index contributed by atoms with van der Waals surface area (Å²) in [6.07, 6.45) is 0. The fourth-order valence-corrected chi connectivity index (χ4v) is 2.02. The Balaban J connectivity index is 3.80. The number of nitrogens with one attached hydrogen (secondary N) is 1. The minimum atomic E-state index is 0.272. The van der Waals surface area contributed by atoms with Gasteiger partial charge in [-0.1, -0.05) is 0 Å². The highest BCUT2D eigenvalue weighted by atomic mass is 16.7. The van der Waals surface area contributed by atoms with Gasteiger partial charge in [-0.25, -0.2) is 0 Å². The third-order valence-electron chi connectivity index (χ3n) is 3.57. The molecule has 0 rings (SSSR count). The van der Waals surface area contributed by atoms with Gasteiger partial charge >= 0.3 is 0 Å². The predicted octanol–water partition coefficient (Wildman–Crippen LogP) is -1.22. The van der Waals surface area contributed by atoms with Crippen LogP contribution in [0.4, 0.5) is 0 Å². The van der Waals surface area contributed by atoms with Crippen molar-refractivity contribution in [1.82, 2.24) is 0 Å². The lowest BCUT2D eigenvalue weighted by molar-refractivity contribution is -0.901. The zero-order valence-electron chi connectivity index (χ0n) is 17.8. The van der Waals surface area contributed by atoms with E-state index in [9.17, 15) is 0 Å². The lowest BCUT2D eigenvalue weighted by Gasteiger charge is -2.19. The standard InChI is InChI=1S/C18H39NO9/c1-20-10-12-27-17-24-8-5-19(4-7-23-14-15-26-16-22-3)6-9-25-18-28-13-11-21-2/h4-18H2,1-3H3/p+1. The molecule has 28 heavy (non-hydrogen) atoms. The average molecular weight is 415 g/mol. The molecule has 0 aliphatic rings. The molecule has 0 bridgehead atoms. The summed E-state index contributed by atoms with van der Waals surface area (Å²) in [6, 6.07) is 0. The van der Waals surface area contributed by atoms with Crippen LogP contribution in [-0.4, -0.2) is 121 Å². The zero-order chi connectivity index (χ0) is 20.5. The van der Waals surface area contributed by atoms with Crippen LogP contribution in [0.15, 0.2) is 0 Å². The lowest BCUT2D eigenvalue weighted by Crippen LogP contribution is -3.13. The third kappa shape index (κ3) is 21.9. The summed E-state index contributed by atoms with van der Waals surface area (Å²) >= 11 is 0. The predicted molar refractivity (Wildman–Crippen MR) is 102 cm³/mol. The number of ether oxygens (including phenoxy) is 9. The molecule has 0 aromatic carbocycles. The Morgan fingerprint density at radius 3 is 1.29 bits per heavy atom. The van der Waals surface area contributed by atoms with Crippen molar-refractivity contribution in [2.45, 2.75) is 0 Å². The first-order valence-electron chi connectivity index (χ1n) is 9.62. The Labute approximate surface area is 169 Å². The van der Waals surface area contributed by atoms with E-state index in [1.165, 1.54) is 4.90 Å². The summed E-state index contributed by atoms with van der Waals surface area (Å²) in [6.45, 7) is 8.46. The largest absolute Gasteiger partial charge is 0.382 e. The van der Waals surface area contributed by atoms with E-state index in [0.29, 0.717) is 59.5 Å². The van der Waals surface area contributed by atoms with Crippen molar-refractivity contribution >= 4 is 0 Å². The van der Waals surface area contributed by atoms with Crippen LogP contribution in [0.3, 0.4) is 0 Å².